The van der Waals surface area contributed by atoms with Crippen LogP contribution in [0.15, 0.2) is 18.2 Å². The van der Waals surface area contributed by atoms with Gasteiger partial charge in [0, 0.05) is 0 Å². The molecule has 17 heavy (non-hydrogen) atoms. The van der Waals surface area contributed by atoms with Gasteiger partial charge in [-0.05, 0) is 45.4 Å². The minimum absolute atomic E-state index is 0.0426. The Kier molecular flexibility index (Phi) is 4.15. The van der Waals surface area contributed by atoms with E-state index in [4.69, 9.17) is 11.6 Å². The lowest BCUT2D eigenvalue weighted by molar-refractivity contribution is 0.0908. The van der Waals surface area contributed by atoms with Crippen LogP contribution in [-0.2, 0) is 0 Å². The number of hydrogen-bond donors (Lipinski definition) is 1. The summed E-state index contributed by atoms with van der Waals surface area (Å²) in [5.41, 5.74) is 0.237. The third-order valence-electron chi connectivity index (χ3n) is 2.80. The Morgan fingerprint density at radius 2 is 2.06 bits per heavy atom. The second kappa shape index (κ2) is 5.05. The molecule has 0 aromatic heterocycles. The third kappa shape index (κ3) is 3.43. The lowest BCUT2D eigenvalue weighted by atomic mass is 10.0. The Morgan fingerprint density at radius 1 is 1.47 bits per heavy atom. The van der Waals surface area contributed by atoms with Gasteiger partial charge in [0.25, 0.3) is 5.91 Å². The summed E-state index contributed by atoms with van der Waals surface area (Å²) in [4.78, 5) is 11.9. The maximum atomic E-state index is 13.6. The van der Waals surface area contributed by atoms with Gasteiger partial charge in [-0.3, -0.25) is 4.79 Å². The van der Waals surface area contributed by atoms with Gasteiger partial charge in [0.2, 0.25) is 0 Å². The number of benzene rings is 1. The normalized spacial score (nSPS) is 13.3. The Morgan fingerprint density at radius 3 is 2.53 bits per heavy atom. The van der Waals surface area contributed by atoms with E-state index in [0.717, 1.165) is 5.56 Å². The van der Waals surface area contributed by atoms with Crippen molar-refractivity contribution in [3.05, 3.63) is 35.1 Å². The molecule has 0 radical (unpaired) electrons. The molecule has 1 rings (SSSR count). The van der Waals surface area contributed by atoms with Crippen LogP contribution >= 0.6 is 11.6 Å². The molecule has 1 aromatic carbocycles. The predicted molar refractivity (Wildman–Crippen MR) is 68.0 cm³/mol. The fraction of sp³-hybridized carbons (Fsp3) is 0.462. The standard InChI is InChI=1S/C13H17ClFNO/c1-8-5-6-10(11(15)7-8)12(17)16-13(3,4)9(2)14/h5-7,9H,1-4H3,(H,16,17). The van der Waals surface area contributed by atoms with Gasteiger partial charge in [0.05, 0.1) is 16.5 Å². The number of amides is 1. The molecule has 2 nitrogen and oxygen atoms in total. The summed E-state index contributed by atoms with van der Waals surface area (Å²) in [6.45, 7) is 7.16. The van der Waals surface area contributed by atoms with Crippen LogP contribution in [-0.4, -0.2) is 16.8 Å². The number of carbonyl (C=O) groups is 1. The number of carbonyl (C=O) groups excluding carboxylic acids is 1. The predicted octanol–water partition coefficient (Wildman–Crippen LogP) is 3.27. The van der Waals surface area contributed by atoms with E-state index in [1.807, 2.05) is 0 Å². The molecule has 1 amide bonds. The van der Waals surface area contributed by atoms with E-state index >= 15 is 0 Å². The highest BCUT2D eigenvalue weighted by Gasteiger charge is 2.27. The van der Waals surface area contributed by atoms with Gasteiger partial charge in [0.1, 0.15) is 5.82 Å². The van der Waals surface area contributed by atoms with E-state index < -0.39 is 17.3 Å². The molecule has 1 unspecified atom stereocenters. The van der Waals surface area contributed by atoms with Crippen molar-refractivity contribution in [2.24, 2.45) is 0 Å². The number of rotatable bonds is 3. The highest BCUT2D eigenvalue weighted by molar-refractivity contribution is 6.21. The van der Waals surface area contributed by atoms with Gasteiger partial charge >= 0.3 is 0 Å². The maximum Gasteiger partial charge on any atom is 0.254 e. The van der Waals surface area contributed by atoms with Crippen molar-refractivity contribution < 1.29 is 9.18 Å². The zero-order valence-electron chi connectivity index (χ0n) is 10.5. The maximum absolute atomic E-state index is 13.6. The molecule has 0 saturated carbocycles. The second-order valence-corrected chi connectivity index (χ2v) is 5.43. The van der Waals surface area contributed by atoms with Crippen LogP contribution in [0.25, 0.3) is 0 Å². The summed E-state index contributed by atoms with van der Waals surface area (Å²) in [5.74, 6) is -0.958. The zero-order chi connectivity index (χ0) is 13.2. The quantitative estimate of drug-likeness (QED) is 0.828. The van der Waals surface area contributed by atoms with Gasteiger partial charge in [-0.1, -0.05) is 6.07 Å². The number of hydrogen-bond acceptors (Lipinski definition) is 1. The topological polar surface area (TPSA) is 29.1 Å². The Hall–Kier alpha value is -1.09. The molecule has 0 fully saturated rings. The fourth-order valence-corrected chi connectivity index (χ4v) is 1.32. The average molecular weight is 258 g/mol. The minimum atomic E-state index is -0.587. The monoisotopic (exact) mass is 257 g/mol. The molecule has 0 aliphatic heterocycles. The van der Waals surface area contributed by atoms with E-state index in [1.54, 1.807) is 33.8 Å². The Balaban J connectivity index is 2.91. The SMILES string of the molecule is Cc1ccc(C(=O)NC(C)(C)C(C)Cl)c(F)c1. The van der Waals surface area contributed by atoms with Crippen LogP contribution in [0.3, 0.4) is 0 Å². The summed E-state index contributed by atoms with van der Waals surface area (Å²) in [7, 11) is 0. The van der Waals surface area contributed by atoms with Gasteiger partial charge in [-0.2, -0.15) is 0 Å². The summed E-state index contributed by atoms with van der Waals surface area (Å²) < 4.78 is 13.6. The van der Waals surface area contributed by atoms with Crippen molar-refractivity contribution >= 4 is 17.5 Å². The van der Waals surface area contributed by atoms with Crippen LogP contribution < -0.4 is 5.32 Å². The number of aryl methyl sites for hydroxylation is 1. The average Bonchev–Trinajstić information content (AvgIpc) is 2.15. The molecule has 1 aromatic rings. The van der Waals surface area contributed by atoms with E-state index in [2.05, 4.69) is 5.32 Å². The first-order valence-corrected chi connectivity index (χ1v) is 5.90. The molecule has 1 atom stereocenters. The van der Waals surface area contributed by atoms with E-state index in [-0.39, 0.29) is 10.9 Å². The van der Waals surface area contributed by atoms with Gasteiger partial charge in [-0.15, -0.1) is 11.6 Å². The van der Waals surface area contributed by atoms with Crippen LogP contribution in [0.4, 0.5) is 4.39 Å². The molecule has 0 aliphatic rings. The molecule has 0 saturated heterocycles. The Bertz CT molecular complexity index is 429. The molecule has 0 bridgehead atoms. The highest BCUT2D eigenvalue weighted by Crippen LogP contribution is 2.17. The lowest BCUT2D eigenvalue weighted by Crippen LogP contribution is -2.49. The molecular weight excluding hydrogens is 241 g/mol. The third-order valence-corrected chi connectivity index (χ3v) is 3.34. The first kappa shape index (κ1) is 14.0. The van der Waals surface area contributed by atoms with Crippen molar-refractivity contribution in [3.63, 3.8) is 0 Å². The lowest BCUT2D eigenvalue weighted by Gasteiger charge is -2.29. The summed E-state index contributed by atoms with van der Waals surface area (Å²) in [6, 6.07) is 4.52. The molecule has 94 valence electrons. The molecule has 0 heterocycles. The highest BCUT2D eigenvalue weighted by atomic mass is 35.5. The number of halogens is 2. The van der Waals surface area contributed by atoms with Crippen LogP contribution in [0, 0.1) is 12.7 Å². The van der Waals surface area contributed by atoms with Gasteiger partial charge < -0.3 is 5.32 Å². The zero-order valence-corrected chi connectivity index (χ0v) is 11.2. The smallest absolute Gasteiger partial charge is 0.254 e. The van der Waals surface area contributed by atoms with Crippen LogP contribution in [0.5, 0.6) is 0 Å². The summed E-state index contributed by atoms with van der Waals surface area (Å²) >= 11 is 5.96. The minimum Gasteiger partial charge on any atom is -0.346 e. The van der Waals surface area contributed by atoms with Crippen molar-refractivity contribution in [2.75, 3.05) is 0 Å². The number of nitrogens with one attached hydrogen (secondary N) is 1. The number of alkyl halides is 1. The van der Waals surface area contributed by atoms with Crippen molar-refractivity contribution in [3.8, 4) is 0 Å². The molecule has 0 spiro atoms. The van der Waals surface area contributed by atoms with Gasteiger partial charge in [-0.25, -0.2) is 4.39 Å². The molecule has 1 N–H and O–H groups in total. The molecular formula is C13H17ClFNO. The van der Waals surface area contributed by atoms with Crippen LogP contribution in [0.2, 0.25) is 0 Å². The summed E-state index contributed by atoms with van der Waals surface area (Å²) in [5, 5.41) is 2.47. The molecule has 0 aliphatic carbocycles. The fourth-order valence-electron chi connectivity index (χ4n) is 1.26. The second-order valence-electron chi connectivity index (χ2n) is 4.78. The first-order chi connectivity index (χ1) is 7.74. The van der Waals surface area contributed by atoms with Crippen molar-refractivity contribution in [2.45, 2.75) is 38.6 Å². The van der Waals surface area contributed by atoms with Crippen LogP contribution in [0.1, 0.15) is 36.7 Å². The summed E-state index contributed by atoms with van der Waals surface area (Å²) in [6.07, 6.45) is 0. The van der Waals surface area contributed by atoms with E-state index in [9.17, 15) is 9.18 Å². The van der Waals surface area contributed by atoms with Crippen molar-refractivity contribution in [1.29, 1.82) is 0 Å². The largest absolute Gasteiger partial charge is 0.346 e. The van der Waals surface area contributed by atoms with Gasteiger partial charge in [0.15, 0.2) is 0 Å². The van der Waals surface area contributed by atoms with E-state index in [1.165, 1.54) is 12.1 Å². The Labute approximate surface area is 106 Å². The first-order valence-electron chi connectivity index (χ1n) is 5.47. The van der Waals surface area contributed by atoms with Crippen molar-refractivity contribution in [1.82, 2.24) is 5.32 Å². The van der Waals surface area contributed by atoms with E-state index in [0.29, 0.717) is 0 Å². The molecule has 4 heteroatoms.